The number of tetrazole rings is 1. The number of aromatic nitrogens is 4. The van der Waals surface area contributed by atoms with Gasteiger partial charge in [0.1, 0.15) is 5.82 Å². The van der Waals surface area contributed by atoms with E-state index in [4.69, 9.17) is 4.74 Å². The molecule has 0 saturated carbocycles. The molecule has 6 heteroatoms. The van der Waals surface area contributed by atoms with Crippen molar-refractivity contribution in [2.75, 3.05) is 6.61 Å². The number of hydrogen-bond acceptors (Lipinski definition) is 5. The average Bonchev–Trinajstić information content (AvgIpc) is 2.76. The van der Waals surface area contributed by atoms with Crippen molar-refractivity contribution >= 4 is 0 Å². The van der Waals surface area contributed by atoms with Crippen LogP contribution in [0.1, 0.15) is 11.4 Å². The second-order valence-corrected chi connectivity index (χ2v) is 4.06. The quantitative estimate of drug-likeness (QED) is 0.808. The number of aliphatic hydroxyl groups excluding tert-OH is 1. The zero-order valence-electron chi connectivity index (χ0n) is 10.2. The van der Waals surface area contributed by atoms with Gasteiger partial charge < -0.3 is 9.84 Å². The van der Waals surface area contributed by atoms with Gasteiger partial charge >= 0.3 is 0 Å². The number of ether oxygens (including phenoxy) is 1. The van der Waals surface area contributed by atoms with Gasteiger partial charge in [-0.25, -0.2) is 4.68 Å². The van der Waals surface area contributed by atoms with Gasteiger partial charge in [0, 0.05) is 0 Å². The number of nitrogens with zero attached hydrogens (tertiary/aromatic N) is 4. The SMILES string of the molecule is Cc1nnnn1C[C@H](O)COCc1ccccc1. The lowest BCUT2D eigenvalue weighted by Crippen LogP contribution is -2.23. The Morgan fingerprint density at radius 1 is 1.33 bits per heavy atom. The Balaban J connectivity index is 1.72. The summed E-state index contributed by atoms with van der Waals surface area (Å²) in [5.74, 6) is 0.678. The Kier molecular flexibility index (Phi) is 4.38. The van der Waals surface area contributed by atoms with E-state index >= 15 is 0 Å². The van der Waals surface area contributed by atoms with Gasteiger partial charge in [0.2, 0.25) is 0 Å². The van der Waals surface area contributed by atoms with E-state index in [-0.39, 0.29) is 6.61 Å². The summed E-state index contributed by atoms with van der Waals surface area (Å²) in [7, 11) is 0. The molecular formula is C12H16N4O2. The molecule has 2 rings (SSSR count). The second kappa shape index (κ2) is 6.23. The summed E-state index contributed by atoms with van der Waals surface area (Å²) in [4.78, 5) is 0. The van der Waals surface area contributed by atoms with Gasteiger partial charge in [-0.3, -0.25) is 0 Å². The van der Waals surface area contributed by atoms with Crippen LogP contribution in [0.2, 0.25) is 0 Å². The van der Waals surface area contributed by atoms with Gasteiger partial charge in [-0.05, 0) is 22.9 Å². The van der Waals surface area contributed by atoms with Crippen LogP contribution in [-0.4, -0.2) is 38.0 Å². The van der Waals surface area contributed by atoms with E-state index in [0.29, 0.717) is 19.0 Å². The maximum atomic E-state index is 9.78. The van der Waals surface area contributed by atoms with E-state index in [1.165, 1.54) is 0 Å². The molecule has 1 atom stereocenters. The van der Waals surface area contributed by atoms with Gasteiger partial charge in [-0.15, -0.1) is 5.10 Å². The summed E-state index contributed by atoms with van der Waals surface area (Å²) in [5, 5.41) is 20.8. The minimum Gasteiger partial charge on any atom is -0.389 e. The summed E-state index contributed by atoms with van der Waals surface area (Å²) in [6.07, 6.45) is -0.615. The van der Waals surface area contributed by atoms with Crippen molar-refractivity contribution in [2.45, 2.75) is 26.2 Å². The average molecular weight is 248 g/mol. The summed E-state index contributed by atoms with van der Waals surface area (Å²) in [5.41, 5.74) is 1.09. The van der Waals surface area contributed by atoms with E-state index in [9.17, 15) is 5.11 Å². The Hall–Kier alpha value is -1.79. The fourth-order valence-corrected chi connectivity index (χ4v) is 1.56. The smallest absolute Gasteiger partial charge is 0.148 e. The first-order valence-electron chi connectivity index (χ1n) is 5.78. The highest BCUT2D eigenvalue weighted by atomic mass is 16.5. The molecule has 1 heterocycles. The standard InChI is InChI=1S/C12H16N4O2/c1-10-13-14-15-16(10)7-12(17)9-18-8-11-5-3-2-4-6-11/h2-6,12,17H,7-9H2,1H3/t12-/m0/s1. The van der Waals surface area contributed by atoms with Gasteiger partial charge in [0.05, 0.1) is 25.9 Å². The van der Waals surface area contributed by atoms with Crippen LogP contribution in [0.3, 0.4) is 0 Å². The normalized spacial score (nSPS) is 12.6. The Labute approximate surface area is 105 Å². The Morgan fingerprint density at radius 2 is 2.11 bits per heavy atom. The van der Waals surface area contributed by atoms with Crippen LogP contribution in [0.25, 0.3) is 0 Å². The lowest BCUT2D eigenvalue weighted by atomic mass is 10.2. The first kappa shape index (κ1) is 12.7. The Morgan fingerprint density at radius 3 is 2.78 bits per heavy atom. The summed E-state index contributed by atoms with van der Waals surface area (Å²) < 4.78 is 6.99. The number of aliphatic hydroxyl groups is 1. The maximum absolute atomic E-state index is 9.78. The van der Waals surface area contributed by atoms with Crippen molar-refractivity contribution in [3.05, 3.63) is 41.7 Å². The minimum absolute atomic E-state index is 0.258. The van der Waals surface area contributed by atoms with E-state index in [0.717, 1.165) is 5.56 Å². The van der Waals surface area contributed by atoms with E-state index in [2.05, 4.69) is 15.5 Å². The molecule has 0 aliphatic rings. The molecule has 1 aromatic heterocycles. The minimum atomic E-state index is -0.615. The largest absolute Gasteiger partial charge is 0.389 e. The Bertz CT molecular complexity index is 472. The molecule has 1 N–H and O–H groups in total. The molecule has 0 saturated heterocycles. The predicted octanol–water partition coefficient (Wildman–Crippen LogP) is 0.559. The third-order valence-electron chi connectivity index (χ3n) is 2.52. The molecule has 18 heavy (non-hydrogen) atoms. The molecule has 6 nitrogen and oxygen atoms in total. The molecule has 0 amide bonds. The highest BCUT2D eigenvalue weighted by Crippen LogP contribution is 2.02. The number of hydrogen-bond donors (Lipinski definition) is 1. The lowest BCUT2D eigenvalue weighted by Gasteiger charge is -2.11. The molecule has 0 radical (unpaired) electrons. The van der Waals surface area contributed by atoms with Gasteiger partial charge in [0.25, 0.3) is 0 Å². The lowest BCUT2D eigenvalue weighted by molar-refractivity contribution is 0.0181. The van der Waals surface area contributed by atoms with Crippen LogP contribution in [0.15, 0.2) is 30.3 Å². The molecular weight excluding hydrogens is 232 g/mol. The van der Waals surface area contributed by atoms with Crippen molar-refractivity contribution in [3.8, 4) is 0 Å². The summed E-state index contributed by atoms with van der Waals surface area (Å²) in [6, 6.07) is 9.84. The van der Waals surface area contributed by atoms with Crippen molar-refractivity contribution < 1.29 is 9.84 Å². The van der Waals surface area contributed by atoms with Crippen molar-refractivity contribution in [1.29, 1.82) is 0 Å². The predicted molar refractivity (Wildman–Crippen MR) is 64.7 cm³/mol. The summed E-state index contributed by atoms with van der Waals surface area (Å²) >= 11 is 0. The molecule has 0 aliphatic heterocycles. The molecule has 0 aliphatic carbocycles. The van der Waals surface area contributed by atoms with Crippen molar-refractivity contribution in [1.82, 2.24) is 20.2 Å². The van der Waals surface area contributed by atoms with Gasteiger partial charge in [0.15, 0.2) is 0 Å². The van der Waals surface area contributed by atoms with Crippen LogP contribution >= 0.6 is 0 Å². The van der Waals surface area contributed by atoms with Crippen LogP contribution in [-0.2, 0) is 17.9 Å². The van der Waals surface area contributed by atoms with Crippen LogP contribution in [0.5, 0.6) is 0 Å². The number of benzene rings is 1. The zero-order valence-corrected chi connectivity index (χ0v) is 10.2. The third-order valence-corrected chi connectivity index (χ3v) is 2.52. The molecule has 0 fully saturated rings. The first-order chi connectivity index (χ1) is 8.75. The molecule has 0 spiro atoms. The number of aryl methyl sites for hydroxylation is 1. The first-order valence-corrected chi connectivity index (χ1v) is 5.78. The third kappa shape index (κ3) is 3.61. The van der Waals surface area contributed by atoms with Crippen LogP contribution < -0.4 is 0 Å². The molecule has 1 aromatic carbocycles. The fourth-order valence-electron chi connectivity index (χ4n) is 1.56. The molecule has 2 aromatic rings. The molecule has 0 bridgehead atoms. The summed E-state index contributed by atoms with van der Waals surface area (Å²) in [6.45, 7) is 2.88. The van der Waals surface area contributed by atoms with E-state index in [1.807, 2.05) is 30.3 Å². The van der Waals surface area contributed by atoms with Crippen LogP contribution in [0, 0.1) is 6.92 Å². The zero-order chi connectivity index (χ0) is 12.8. The molecule has 0 unspecified atom stereocenters. The highest BCUT2D eigenvalue weighted by molar-refractivity contribution is 5.13. The van der Waals surface area contributed by atoms with Crippen molar-refractivity contribution in [2.24, 2.45) is 0 Å². The van der Waals surface area contributed by atoms with Gasteiger partial charge in [-0.2, -0.15) is 0 Å². The topological polar surface area (TPSA) is 73.1 Å². The van der Waals surface area contributed by atoms with E-state index < -0.39 is 6.10 Å². The molecule has 96 valence electrons. The van der Waals surface area contributed by atoms with Crippen LogP contribution in [0.4, 0.5) is 0 Å². The maximum Gasteiger partial charge on any atom is 0.148 e. The van der Waals surface area contributed by atoms with Gasteiger partial charge in [-0.1, -0.05) is 30.3 Å². The monoisotopic (exact) mass is 248 g/mol. The second-order valence-electron chi connectivity index (χ2n) is 4.06. The fraction of sp³-hybridized carbons (Fsp3) is 0.417. The number of rotatable bonds is 6. The van der Waals surface area contributed by atoms with E-state index in [1.54, 1.807) is 11.6 Å². The van der Waals surface area contributed by atoms with Crippen molar-refractivity contribution in [3.63, 3.8) is 0 Å². The highest BCUT2D eigenvalue weighted by Gasteiger charge is 2.08.